The zero-order chi connectivity index (χ0) is 12.6. The minimum atomic E-state index is -0.464. The highest BCUT2D eigenvalue weighted by atomic mass is 16.5. The van der Waals surface area contributed by atoms with Gasteiger partial charge in [-0.15, -0.1) is 0 Å². The van der Waals surface area contributed by atoms with Gasteiger partial charge in [0.25, 0.3) is 0 Å². The van der Waals surface area contributed by atoms with E-state index < -0.39 is 6.10 Å². The molecule has 1 heterocycles. The lowest BCUT2D eigenvalue weighted by Crippen LogP contribution is -2.37. The summed E-state index contributed by atoms with van der Waals surface area (Å²) in [6, 6.07) is 10.4. The van der Waals surface area contributed by atoms with E-state index >= 15 is 0 Å². The number of benzene rings is 1. The molecule has 2 N–H and O–H groups in total. The molecule has 1 aliphatic heterocycles. The van der Waals surface area contributed by atoms with E-state index in [1.165, 1.54) is 0 Å². The van der Waals surface area contributed by atoms with Gasteiger partial charge in [-0.25, -0.2) is 0 Å². The Kier molecular flexibility index (Phi) is 5.61. The first-order chi connectivity index (χ1) is 8.84. The van der Waals surface area contributed by atoms with Crippen molar-refractivity contribution in [2.24, 2.45) is 0 Å². The highest BCUT2D eigenvalue weighted by molar-refractivity contribution is 5.13. The molecule has 100 valence electrons. The average molecular weight is 251 g/mol. The molecule has 0 aliphatic carbocycles. The van der Waals surface area contributed by atoms with Gasteiger partial charge >= 0.3 is 0 Å². The molecule has 2 rings (SSSR count). The molecular weight excluding hydrogens is 230 g/mol. The van der Waals surface area contributed by atoms with Crippen LogP contribution in [0.2, 0.25) is 0 Å². The summed E-state index contributed by atoms with van der Waals surface area (Å²) in [6.45, 7) is 3.03. The highest BCUT2D eigenvalue weighted by Gasteiger charge is 2.16. The van der Waals surface area contributed by atoms with Crippen molar-refractivity contribution in [3.63, 3.8) is 0 Å². The molecule has 0 spiro atoms. The van der Waals surface area contributed by atoms with E-state index in [4.69, 9.17) is 9.47 Å². The van der Waals surface area contributed by atoms with E-state index in [1.54, 1.807) is 0 Å². The van der Waals surface area contributed by atoms with Gasteiger partial charge in [-0.05, 0) is 12.0 Å². The molecule has 0 aromatic heterocycles. The Hall–Kier alpha value is -0.940. The number of aliphatic hydroxyl groups excluding tert-OH is 1. The van der Waals surface area contributed by atoms with Gasteiger partial charge in [0.15, 0.2) is 0 Å². The summed E-state index contributed by atoms with van der Waals surface area (Å²) in [5.41, 5.74) is 1.13. The van der Waals surface area contributed by atoms with Gasteiger partial charge in [0.1, 0.15) is 0 Å². The van der Waals surface area contributed by atoms with Gasteiger partial charge in [-0.3, -0.25) is 0 Å². The lowest BCUT2D eigenvalue weighted by molar-refractivity contribution is 0.0274. The minimum absolute atomic E-state index is 0.357. The second-order valence-electron chi connectivity index (χ2n) is 4.62. The first-order valence-corrected chi connectivity index (χ1v) is 6.45. The van der Waals surface area contributed by atoms with E-state index in [-0.39, 0.29) is 0 Å². The van der Waals surface area contributed by atoms with Crippen molar-refractivity contribution in [3.05, 3.63) is 35.9 Å². The van der Waals surface area contributed by atoms with Crippen LogP contribution in [0.4, 0.5) is 0 Å². The fourth-order valence-electron chi connectivity index (χ4n) is 1.94. The largest absolute Gasteiger partial charge is 0.389 e. The van der Waals surface area contributed by atoms with Gasteiger partial charge < -0.3 is 19.9 Å². The smallest absolute Gasteiger partial charge is 0.0897 e. The topological polar surface area (TPSA) is 50.7 Å². The molecule has 0 saturated carbocycles. The lowest BCUT2D eigenvalue weighted by atomic mass is 10.2. The van der Waals surface area contributed by atoms with E-state index in [2.05, 4.69) is 5.32 Å². The first-order valence-electron chi connectivity index (χ1n) is 6.45. The summed E-state index contributed by atoms with van der Waals surface area (Å²) in [5, 5.41) is 13.0. The van der Waals surface area contributed by atoms with Crippen LogP contribution in [-0.2, 0) is 16.1 Å². The summed E-state index contributed by atoms with van der Waals surface area (Å²) >= 11 is 0. The fraction of sp³-hybridized carbons (Fsp3) is 0.571. The molecule has 4 nitrogen and oxygen atoms in total. The van der Waals surface area contributed by atoms with Gasteiger partial charge in [0.2, 0.25) is 0 Å². The highest BCUT2D eigenvalue weighted by Crippen LogP contribution is 2.04. The average Bonchev–Trinajstić information content (AvgIpc) is 2.91. The number of ether oxygens (including phenoxy) is 2. The van der Waals surface area contributed by atoms with Crippen molar-refractivity contribution in [2.75, 3.05) is 26.4 Å². The van der Waals surface area contributed by atoms with Crippen LogP contribution in [0.25, 0.3) is 0 Å². The molecular formula is C14H21NO3. The Morgan fingerprint density at radius 3 is 2.94 bits per heavy atom. The molecule has 0 bridgehead atoms. The van der Waals surface area contributed by atoms with Crippen LogP contribution in [0.15, 0.2) is 30.3 Å². The molecule has 18 heavy (non-hydrogen) atoms. The Morgan fingerprint density at radius 1 is 1.39 bits per heavy atom. The van der Waals surface area contributed by atoms with Gasteiger partial charge in [0.05, 0.1) is 25.9 Å². The van der Waals surface area contributed by atoms with E-state index in [9.17, 15) is 5.11 Å². The number of aliphatic hydroxyl groups is 1. The van der Waals surface area contributed by atoms with Crippen molar-refractivity contribution in [3.8, 4) is 0 Å². The van der Waals surface area contributed by atoms with Crippen molar-refractivity contribution >= 4 is 0 Å². The van der Waals surface area contributed by atoms with E-state index in [0.29, 0.717) is 25.8 Å². The second kappa shape index (κ2) is 7.48. The third-order valence-corrected chi connectivity index (χ3v) is 2.99. The SMILES string of the molecule is OC(CNC1CCOC1)COCc1ccccc1. The van der Waals surface area contributed by atoms with Crippen LogP contribution in [0.5, 0.6) is 0 Å². The van der Waals surface area contributed by atoms with Gasteiger partial charge in [0, 0.05) is 19.2 Å². The maximum atomic E-state index is 9.76. The maximum Gasteiger partial charge on any atom is 0.0897 e. The molecule has 1 aliphatic rings. The molecule has 1 fully saturated rings. The Labute approximate surface area is 108 Å². The zero-order valence-corrected chi connectivity index (χ0v) is 10.5. The monoisotopic (exact) mass is 251 g/mol. The van der Waals surface area contributed by atoms with Crippen molar-refractivity contribution in [2.45, 2.75) is 25.2 Å². The summed E-state index contributed by atoms with van der Waals surface area (Å²) in [5.74, 6) is 0. The Morgan fingerprint density at radius 2 is 2.22 bits per heavy atom. The Bertz CT molecular complexity index is 325. The first kappa shape index (κ1) is 13.5. The molecule has 2 atom stereocenters. The van der Waals surface area contributed by atoms with E-state index in [0.717, 1.165) is 25.2 Å². The van der Waals surface area contributed by atoms with Crippen molar-refractivity contribution in [1.29, 1.82) is 0 Å². The maximum absolute atomic E-state index is 9.76. The third-order valence-electron chi connectivity index (χ3n) is 2.99. The van der Waals surface area contributed by atoms with Crippen LogP contribution < -0.4 is 5.32 Å². The quantitative estimate of drug-likeness (QED) is 0.757. The molecule has 4 heteroatoms. The fourth-order valence-corrected chi connectivity index (χ4v) is 1.94. The second-order valence-corrected chi connectivity index (χ2v) is 4.62. The molecule has 0 amide bonds. The summed E-state index contributed by atoms with van der Waals surface area (Å²) < 4.78 is 10.7. The molecule has 0 radical (unpaired) electrons. The van der Waals surface area contributed by atoms with Crippen LogP contribution in [0.1, 0.15) is 12.0 Å². The van der Waals surface area contributed by atoms with Crippen LogP contribution >= 0.6 is 0 Å². The molecule has 1 saturated heterocycles. The zero-order valence-electron chi connectivity index (χ0n) is 10.5. The third kappa shape index (κ3) is 4.74. The summed E-state index contributed by atoms with van der Waals surface area (Å²) in [4.78, 5) is 0. The normalized spacial score (nSPS) is 21.1. The number of nitrogens with one attached hydrogen (secondary N) is 1. The Balaban J connectivity index is 1.55. The van der Waals surface area contributed by atoms with Crippen molar-refractivity contribution in [1.82, 2.24) is 5.32 Å². The number of hydrogen-bond acceptors (Lipinski definition) is 4. The van der Waals surface area contributed by atoms with Crippen LogP contribution in [0, 0.1) is 0 Å². The van der Waals surface area contributed by atoms with Crippen LogP contribution in [-0.4, -0.2) is 43.6 Å². The summed E-state index contributed by atoms with van der Waals surface area (Å²) in [6.07, 6.45) is 0.562. The lowest BCUT2D eigenvalue weighted by Gasteiger charge is -2.15. The number of hydrogen-bond donors (Lipinski definition) is 2. The van der Waals surface area contributed by atoms with Gasteiger partial charge in [-0.1, -0.05) is 30.3 Å². The van der Waals surface area contributed by atoms with Crippen molar-refractivity contribution < 1.29 is 14.6 Å². The predicted octanol–water partition coefficient (Wildman–Crippen LogP) is 0.943. The summed E-state index contributed by atoms with van der Waals surface area (Å²) in [7, 11) is 0. The molecule has 1 aromatic rings. The van der Waals surface area contributed by atoms with E-state index in [1.807, 2.05) is 30.3 Å². The predicted molar refractivity (Wildman–Crippen MR) is 69.3 cm³/mol. The molecule has 1 aromatic carbocycles. The van der Waals surface area contributed by atoms with Gasteiger partial charge in [-0.2, -0.15) is 0 Å². The standard InChI is InChI=1S/C14H21NO3/c16-14(8-15-13-6-7-17-10-13)11-18-9-12-4-2-1-3-5-12/h1-5,13-16H,6-11H2. The minimum Gasteiger partial charge on any atom is -0.389 e. The number of rotatable bonds is 7. The van der Waals surface area contributed by atoms with Crippen LogP contribution in [0.3, 0.4) is 0 Å². The molecule has 2 unspecified atom stereocenters.